The Morgan fingerprint density at radius 3 is 2.51 bits per heavy atom. The SMILES string of the molecule is CC/C=C(F)\C=C/CNC(=O)N(c1ccccc1)c1cc(=O)c2cnccc2n1-c1ccccc1. The highest BCUT2D eigenvalue weighted by Crippen LogP contribution is 2.30. The van der Waals surface area contributed by atoms with Crippen molar-refractivity contribution in [3.05, 3.63) is 119 Å². The minimum Gasteiger partial charge on any atom is -0.334 e. The third-order valence-electron chi connectivity index (χ3n) is 5.30. The number of aromatic nitrogens is 2. The van der Waals surface area contributed by atoms with Crippen LogP contribution in [0.5, 0.6) is 0 Å². The summed E-state index contributed by atoms with van der Waals surface area (Å²) in [6, 6.07) is 21.3. The molecule has 176 valence electrons. The monoisotopic (exact) mass is 468 g/mol. The highest BCUT2D eigenvalue weighted by molar-refractivity contribution is 6.00. The standard InChI is InChI=1S/C28H25FN4O2/c1-2-10-21(29)11-9-17-31-28(35)33(23-14-7-4-8-15-23)27-19-26(34)24-20-30-18-16-25(24)32(27)22-12-5-3-6-13-22/h3-16,18-20H,2,17H2,1H3,(H,31,35)/b11-9-,21-10+. The van der Waals surface area contributed by atoms with Crippen molar-refractivity contribution < 1.29 is 9.18 Å². The molecule has 2 heterocycles. The molecule has 2 aromatic carbocycles. The molecule has 7 heteroatoms. The Morgan fingerprint density at radius 1 is 1.09 bits per heavy atom. The Balaban J connectivity index is 1.85. The van der Waals surface area contributed by atoms with Crippen molar-refractivity contribution in [2.24, 2.45) is 0 Å². The molecule has 2 aromatic heterocycles. The van der Waals surface area contributed by atoms with Gasteiger partial charge in [-0.25, -0.2) is 14.1 Å². The molecule has 0 aliphatic rings. The van der Waals surface area contributed by atoms with Gasteiger partial charge in [-0.15, -0.1) is 0 Å². The summed E-state index contributed by atoms with van der Waals surface area (Å²) in [6.45, 7) is 1.96. The van der Waals surface area contributed by atoms with Crippen molar-refractivity contribution in [3.63, 3.8) is 0 Å². The number of allylic oxidation sites excluding steroid dienone is 3. The number of nitrogens with one attached hydrogen (secondary N) is 1. The first-order chi connectivity index (χ1) is 17.1. The Labute approximate surface area is 202 Å². The van der Waals surface area contributed by atoms with Crippen molar-refractivity contribution in [2.75, 3.05) is 11.4 Å². The van der Waals surface area contributed by atoms with E-state index in [1.54, 1.807) is 30.5 Å². The molecule has 0 saturated carbocycles. The predicted octanol–water partition coefficient (Wildman–Crippen LogP) is 6.05. The highest BCUT2D eigenvalue weighted by Gasteiger charge is 2.23. The second kappa shape index (κ2) is 11.1. The van der Waals surface area contributed by atoms with Gasteiger partial charge < -0.3 is 5.32 Å². The van der Waals surface area contributed by atoms with E-state index in [-0.39, 0.29) is 17.8 Å². The van der Waals surface area contributed by atoms with Gasteiger partial charge >= 0.3 is 6.03 Å². The van der Waals surface area contributed by atoms with Gasteiger partial charge in [0.2, 0.25) is 0 Å². The van der Waals surface area contributed by atoms with E-state index in [0.29, 0.717) is 28.8 Å². The fraction of sp³-hybridized carbons (Fsp3) is 0.107. The number of rotatable bonds is 7. The van der Waals surface area contributed by atoms with Gasteiger partial charge in [0.05, 0.1) is 16.6 Å². The maximum Gasteiger partial charge on any atom is 0.327 e. The smallest absolute Gasteiger partial charge is 0.327 e. The number of anilines is 2. The number of halogens is 1. The summed E-state index contributed by atoms with van der Waals surface area (Å²) in [6.07, 6.45) is 8.03. The summed E-state index contributed by atoms with van der Waals surface area (Å²) in [4.78, 5) is 32.1. The average molecular weight is 469 g/mol. The number of carbonyl (C=O) groups is 1. The molecule has 0 saturated heterocycles. The first-order valence-electron chi connectivity index (χ1n) is 11.3. The summed E-state index contributed by atoms with van der Waals surface area (Å²) >= 11 is 0. The zero-order valence-corrected chi connectivity index (χ0v) is 19.3. The van der Waals surface area contributed by atoms with Crippen LogP contribution in [0, 0.1) is 0 Å². The number of fused-ring (bicyclic) bond motifs is 1. The Bertz CT molecular complexity index is 1430. The van der Waals surface area contributed by atoms with Crippen LogP contribution in [0.4, 0.5) is 20.7 Å². The maximum absolute atomic E-state index is 13.7. The molecule has 0 radical (unpaired) electrons. The van der Waals surface area contributed by atoms with E-state index >= 15 is 0 Å². The van der Waals surface area contributed by atoms with E-state index in [1.165, 1.54) is 29.3 Å². The normalized spacial score (nSPS) is 11.7. The van der Waals surface area contributed by atoms with Crippen molar-refractivity contribution in [2.45, 2.75) is 13.3 Å². The van der Waals surface area contributed by atoms with Crippen molar-refractivity contribution >= 4 is 28.4 Å². The second-order valence-electron chi connectivity index (χ2n) is 7.69. The molecule has 0 aliphatic carbocycles. The van der Waals surface area contributed by atoms with Crippen LogP contribution in [-0.4, -0.2) is 22.1 Å². The summed E-state index contributed by atoms with van der Waals surface area (Å²) in [7, 11) is 0. The minimum absolute atomic E-state index is 0.111. The first-order valence-corrected chi connectivity index (χ1v) is 11.3. The minimum atomic E-state index is -0.460. The van der Waals surface area contributed by atoms with Crippen LogP contribution in [0.1, 0.15) is 13.3 Å². The summed E-state index contributed by atoms with van der Waals surface area (Å²) in [5, 5.41) is 3.24. The zero-order valence-electron chi connectivity index (χ0n) is 19.3. The molecule has 1 N–H and O–H groups in total. The first kappa shape index (κ1) is 23.6. The molecule has 0 atom stereocenters. The number of nitrogens with zero attached hydrogens (tertiary/aromatic N) is 3. The van der Waals surface area contributed by atoms with Crippen LogP contribution in [0.2, 0.25) is 0 Å². The van der Waals surface area contributed by atoms with Gasteiger partial charge in [0.1, 0.15) is 11.6 Å². The largest absolute Gasteiger partial charge is 0.334 e. The van der Waals surface area contributed by atoms with E-state index in [0.717, 1.165) is 5.69 Å². The lowest BCUT2D eigenvalue weighted by Gasteiger charge is -2.27. The number of para-hydroxylation sites is 2. The quantitative estimate of drug-likeness (QED) is 0.336. The van der Waals surface area contributed by atoms with Crippen LogP contribution in [0.3, 0.4) is 0 Å². The molecule has 4 aromatic rings. The number of amides is 2. The van der Waals surface area contributed by atoms with E-state index < -0.39 is 6.03 Å². The number of urea groups is 1. The predicted molar refractivity (Wildman–Crippen MR) is 138 cm³/mol. The molecule has 0 aliphatic heterocycles. The van der Waals surface area contributed by atoms with Gasteiger partial charge in [0.15, 0.2) is 5.43 Å². The molecule has 0 spiro atoms. The average Bonchev–Trinajstić information content (AvgIpc) is 2.88. The number of hydrogen-bond acceptors (Lipinski definition) is 3. The van der Waals surface area contributed by atoms with E-state index in [2.05, 4.69) is 10.3 Å². The van der Waals surface area contributed by atoms with Crippen LogP contribution in [0.15, 0.2) is 114 Å². The van der Waals surface area contributed by atoms with Crippen molar-refractivity contribution in [1.82, 2.24) is 14.9 Å². The van der Waals surface area contributed by atoms with Gasteiger partial charge in [-0.1, -0.05) is 49.4 Å². The molecule has 6 nitrogen and oxygen atoms in total. The van der Waals surface area contributed by atoms with Crippen LogP contribution >= 0.6 is 0 Å². The third kappa shape index (κ3) is 5.35. The zero-order chi connectivity index (χ0) is 24.6. The Morgan fingerprint density at radius 2 is 1.80 bits per heavy atom. The van der Waals surface area contributed by atoms with Gasteiger partial charge in [0, 0.05) is 30.7 Å². The fourth-order valence-electron chi connectivity index (χ4n) is 3.76. The number of pyridine rings is 2. The fourth-order valence-corrected chi connectivity index (χ4v) is 3.76. The van der Waals surface area contributed by atoms with Crippen molar-refractivity contribution in [1.29, 1.82) is 0 Å². The molecule has 35 heavy (non-hydrogen) atoms. The topological polar surface area (TPSA) is 67.2 Å². The molecular formula is C28H25FN4O2. The summed E-state index contributed by atoms with van der Waals surface area (Å²) in [5.41, 5.74) is 1.72. The van der Waals surface area contributed by atoms with E-state index in [1.807, 2.05) is 60.0 Å². The molecule has 2 amide bonds. The molecular weight excluding hydrogens is 443 g/mol. The van der Waals surface area contributed by atoms with E-state index in [9.17, 15) is 14.0 Å². The lowest BCUT2D eigenvalue weighted by molar-refractivity contribution is 0.249. The highest BCUT2D eigenvalue weighted by atomic mass is 19.1. The van der Waals surface area contributed by atoms with Gasteiger partial charge in [-0.05, 0) is 48.9 Å². The maximum atomic E-state index is 13.7. The number of carbonyl (C=O) groups excluding carboxylic acids is 1. The lowest BCUT2D eigenvalue weighted by Crippen LogP contribution is -2.39. The number of hydrogen-bond donors (Lipinski definition) is 1. The molecule has 0 fully saturated rings. The van der Waals surface area contributed by atoms with E-state index in [4.69, 9.17) is 0 Å². The number of benzene rings is 2. The van der Waals surface area contributed by atoms with Crippen molar-refractivity contribution in [3.8, 4) is 5.69 Å². The molecule has 0 bridgehead atoms. The molecule has 4 rings (SSSR count). The molecule has 0 unspecified atom stereocenters. The van der Waals surface area contributed by atoms with Crippen LogP contribution < -0.4 is 15.6 Å². The lowest BCUT2D eigenvalue weighted by atomic mass is 10.2. The van der Waals surface area contributed by atoms with Gasteiger partial charge in [0.25, 0.3) is 0 Å². The second-order valence-corrected chi connectivity index (χ2v) is 7.69. The summed E-state index contributed by atoms with van der Waals surface area (Å²) in [5.74, 6) is 0.00681. The Hall–Kier alpha value is -4.52. The van der Waals surface area contributed by atoms with Crippen LogP contribution in [0.25, 0.3) is 16.6 Å². The van der Waals surface area contributed by atoms with Gasteiger partial charge in [-0.3, -0.25) is 14.3 Å². The third-order valence-corrected chi connectivity index (χ3v) is 5.30. The van der Waals surface area contributed by atoms with Gasteiger partial charge in [-0.2, -0.15) is 0 Å². The Kier molecular flexibility index (Phi) is 7.47. The summed E-state index contributed by atoms with van der Waals surface area (Å²) < 4.78 is 15.5. The van der Waals surface area contributed by atoms with Crippen LogP contribution in [-0.2, 0) is 0 Å².